The fraction of sp³-hybridized carbons (Fsp3) is 0.526. The van der Waals surface area contributed by atoms with Crippen LogP contribution in [0, 0.1) is 0 Å². The molecule has 0 N–H and O–H groups in total. The Balaban J connectivity index is 1.49. The minimum absolute atomic E-state index is 0.207. The van der Waals surface area contributed by atoms with Gasteiger partial charge in [0.25, 0.3) is 0 Å². The van der Waals surface area contributed by atoms with Gasteiger partial charge in [-0.25, -0.2) is 4.68 Å². The summed E-state index contributed by atoms with van der Waals surface area (Å²) in [7, 11) is 0. The van der Waals surface area contributed by atoms with Gasteiger partial charge in [0.05, 0.1) is 30.3 Å². The van der Waals surface area contributed by atoms with Gasteiger partial charge in [-0.3, -0.25) is 0 Å². The highest BCUT2D eigenvalue weighted by atomic mass is 16.5. The molecule has 1 unspecified atom stereocenters. The van der Waals surface area contributed by atoms with Crippen molar-refractivity contribution >= 4 is 0 Å². The van der Waals surface area contributed by atoms with Crippen molar-refractivity contribution in [3.05, 3.63) is 47.8 Å². The van der Waals surface area contributed by atoms with E-state index in [-0.39, 0.29) is 6.10 Å². The zero-order valence-corrected chi connectivity index (χ0v) is 13.7. The van der Waals surface area contributed by atoms with Crippen LogP contribution in [0.25, 0.3) is 5.69 Å². The molecule has 0 spiro atoms. The lowest BCUT2D eigenvalue weighted by Gasteiger charge is -2.29. The third-order valence-corrected chi connectivity index (χ3v) is 5.06. The quantitative estimate of drug-likeness (QED) is 0.867. The molecule has 2 aliphatic rings. The van der Waals surface area contributed by atoms with E-state index in [0.717, 1.165) is 31.7 Å². The lowest BCUT2D eigenvalue weighted by molar-refractivity contribution is 0.0272. The van der Waals surface area contributed by atoms with E-state index in [1.165, 1.54) is 43.6 Å². The maximum Gasteiger partial charge on any atom is 0.0870 e. The summed E-state index contributed by atoms with van der Waals surface area (Å²) in [6, 6.07) is 10.4. The number of likely N-dealkylation sites (tertiary alicyclic amines) is 1. The van der Waals surface area contributed by atoms with Gasteiger partial charge in [0.2, 0.25) is 0 Å². The summed E-state index contributed by atoms with van der Waals surface area (Å²) >= 11 is 0. The van der Waals surface area contributed by atoms with Crippen molar-refractivity contribution in [3.8, 4) is 5.69 Å². The average Bonchev–Trinajstić information content (AvgIpc) is 3.06. The van der Waals surface area contributed by atoms with Gasteiger partial charge in [0, 0.05) is 18.5 Å². The number of aromatic nitrogens is 2. The summed E-state index contributed by atoms with van der Waals surface area (Å²) in [4.78, 5) is 2.59. The first kappa shape index (κ1) is 14.9. The number of piperidine rings is 1. The van der Waals surface area contributed by atoms with E-state index < -0.39 is 0 Å². The van der Waals surface area contributed by atoms with Crippen molar-refractivity contribution in [2.75, 3.05) is 26.2 Å². The van der Waals surface area contributed by atoms with Crippen LogP contribution >= 0.6 is 0 Å². The number of hydrogen-bond acceptors (Lipinski definition) is 3. The Morgan fingerprint density at radius 1 is 1.09 bits per heavy atom. The van der Waals surface area contributed by atoms with Crippen LogP contribution in [0.15, 0.2) is 36.5 Å². The lowest BCUT2D eigenvalue weighted by atomic mass is 10.0. The molecule has 122 valence electrons. The Bertz CT molecular complexity index is 631. The molecule has 2 aliphatic heterocycles. The first-order chi connectivity index (χ1) is 11.4. The maximum absolute atomic E-state index is 6.06. The summed E-state index contributed by atoms with van der Waals surface area (Å²) in [5, 5.41) is 4.64. The summed E-state index contributed by atoms with van der Waals surface area (Å²) in [5.74, 6) is 0. The van der Waals surface area contributed by atoms with Crippen LogP contribution < -0.4 is 0 Å². The number of hydrogen-bond donors (Lipinski definition) is 0. The Morgan fingerprint density at radius 2 is 1.91 bits per heavy atom. The van der Waals surface area contributed by atoms with Crippen molar-refractivity contribution < 1.29 is 4.74 Å². The smallest absolute Gasteiger partial charge is 0.0870 e. The van der Waals surface area contributed by atoms with Crippen LogP contribution in [0.2, 0.25) is 0 Å². The highest BCUT2D eigenvalue weighted by molar-refractivity contribution is 5.36. The minimum Gasteiger partial charge on any atom is -0.373 e. The second-order valence-electron chi connectivity index (χ2n) is 6.59. The lowest BCUT2D eigenvalue weighted by Crippen LogP contribution is -2.32. The number of rotatable bonds is 4. The van der Waals surface area contributed by atoms with E-state index in [1.807, 2.05) is 12.3 Å². The van der Waals surface area contributed by atoms with E-state index >= 15 is 0 Å². The van der Waals surface area contributed by atoms with Gasteiger partial charge < -0.3 is 9.64 Å². The Hall–Kier alpha value is -1.65. The van der Waals surface area contributed by atoms with Gasteiger partial charge in [-0.05, 0) is 44.5 Å². The van der Waals surface area contributed by atoms with Crippen molar-refractivity contribution in [2.24, 2.45) is 0 Å². The molecule has 4 nitrogen and oxygen atoms in total. The van der Waals surface area contributed by atoms with E-state index in [4.69, 9.17) is 4.74 Å². The topological polar surface area (TPSA) is 30.3 Å². The second kappa shape index (κ2) is 6.85. The van der Waals surface area contributed by atoms with Crippen LogP contribution in [0.4, 0.5) is 0 Å². The molecule has 1 saturated heterocycles. The highest BCUT2D eigenvalue weighted by Crippen LogP contribution is 2.31. The van der Waals surface area contributed by atoms with E-state index in [9.17, 15) is 0 Å². The van der Waals surface area contributed by atoms with Gasteiger partial charge in [0.1, 0.15) is 0 Å². The molecule has 1 atom stereocenters. The molecular formula is C19H25N3O. The zero-order valence-electron chi connectivity index (χ0n) is 13.7. The zero-order chi connectivity index (χ0) is 15.5. The molecule has 0 saturated carbocycles. The molecule has 1 aromatic heterocycles. The van der Waals surface area contributed by atoms with Crippen molar-refractivity contribution in [3.63, 3.8) is 0 Å². The highest BCUT2D eigenvalue weighted by Gasteiger charge is 2.26. The first-order valence-corrected chi connectivity index (χ1v) is 8.88. The van der Waals surface area contributed by atoms with Gasteiger partial charge in [-0.15, -0.1) is 0 Å². The molecule has 1 fully saturated rings. The molecule has 23 heavy (non-hydrogen) atoms. The molecule has 4 rings (SSSR count). The van der Waals surface area contributed by atoms with Crippen LogP contribution in [0.5, 0.6) is 0 Å². The Labute approximate surface area is 138 Å². The fourth-order valence-electron chi connectivity index (χ4n) is 3.81. The molecule has 0 radical (unpaired) electrons. The van der Waals surface area contributed by atoms with E-state index in [1.54, 1.807) is 0 Å². The second-order valence-corrected chi connectivity index (χ2v) is 6.59. The molecular weight excluding hydrogens is 286 g/mol. The Kier molecular flexibility index (Phi) is 4.44. The largest absolute Gasteiger partial charge is 0.373 e. The number of para-hydroxylation sites is 1. The normalized spacial score (nSPS) is 22.0. The predicted octanol–water partition coefficient (Wildman–Crippen LogP) is 3.36. The monoisotopic (exact) mass is 311 g/mol. The number of benzene rings is 1. The van der Waals surface area contributed by atoms with Gasteiger partial charge >= 0.3 is 0 Å². The number of fused-ring (bicyclic) bond motifs is 1. The average molecular weight is 311 g/mol. The molecule has 0 amide bonds. The predicted molar refractivity (Wildman–Crippen MR) is 90.9 cm³/mol. The maximum atomic E-state index is 6.06. The molecule has 4 heteroatoms. The molecule has 2 aromatic rings. The third-order valence-electron chi connectivity index (χ3n) is 5.06. The first-order valence-electron chi connectivity index (χ1n) is 8.88. The van der Waals surface area contributed by atoms with E-state index in [2.05, 4.69) is 38.9 Å². The van der Waals surface area contributed by atoms with Crippen LogP contribution in [0.1, 0.15) is 43.0 Å². The number of nitrogens with zero attached hydrogens (tertiary/aromatic N) is 3. The third kappa shape index (κ3) is 3.19. The minimum atomic E-state index is 0.207. The molecule has 1 aromatic carbocycles. The van der Waals surface area contributed by atoms with Gasteiger partial charge in [-0.2, -0.15) is 5.10 Å². The summed E-state index contributed by atoms with van der Waals surface area (Å²) in [5.41, 5.74) is 3.76. The molecule has 0 aliphatic carbocycles. The van der Waals surface area contributed by atoms with Crippen molar-refractivity contribution in [1.82, 2.24) is 14.7 Å². The number of ether oxygens (including phenoxy) is 1. The van der Waals surface area contributed by atoms with E-state index in [0.29, 0.717) is 0 Å². The fourth-order valence-corrected chi connectivity index (χ4v) is 3.81. The van der Waals surface area contributed by atoms with Gasteiger partial charge in [0.15, 0.2) is 0 Å². The van der Waals surface area contributed by atoms with Crippen molar-refractivity contribution in [2.45, 2.75) is 38.2 Å². The van der Waals surface area contributed by atoms with Crippen LogP contribution in [0.3, 0.4) is 0 Å². The molecule has 3 heterocycles. The molecule has 0 bridgehead atoms. The standard InChI is InChI=1S/C19H25N3O/c1-3-7-16(8-4-1)22-18-10-14-23-19(17(18)15-20-22)9-13-21-11-5-2-6-12-21/h1,3-4,7-8,15,19H,2,5-6,9-14H2. The SMILES string of the molecule is c1ccc(-n2ncc3c2CCOC3CCN2CCCCC2)cc1. The van der Waals surface area contributed by atoms with Crippen LogP contribution in [-0.4, -0.2) is 40.9 Å². The van der Waals surface area contributed by atoms with Gasteiger partial charge in [-0.1, -0.05) is 24.6 Å². The van der Waals surface area contributed by atoms with Crippen LogP contribution in [-0.2, 0) is 11.2 Å². The van der Waals surface area contributed by atoms with Crippen molar-refractivity contribution in [1.29, 1.82) is 0 Å². The summed E-state index contributed by atoms with van der Waals surface area (Å²) in [6.07, 6.45) is 8.34. The Morgan fingerprint density at radius 3 is 2.74 bits per heavy atom. The summed E-state index contributed by atoms with van der Waals surface area (Å²) < 4.78 is 8.15. The summed E-state index contributed by atoms with van der Waals surface area (Å²) in [6.45, 7) is 4.45.